The molecule has 80 valence electrons. The first kappa shape index (κ1) is 9.89. The summed E-state index contributed by atoms with van der Waals surface area (Å²) in [6.07, 6.45) is 2.82. The molecule has 2 rings (SSSR count). The molecule has 0 N–H and O–H groups in total. The zero-order valence-corrected chi connectivity index (χ0v) is 8.74. The minimum absolute atomic E-state index is 0.0787. The van der Waals surface area contributed by atoms with Crippen LogP contribution in [0.15, 0.2) is 0 Å². The highest BCUT2D eigenvalue weighted by atomic mass is 16.5. The Morgan fingerprint density at radius 3 is 2.73 bits per heavy atom. The van der Waals surface area contributed by atoms with Crippen LogP contribution in [-0.4, -0.2) is 30.2 Å². The van der Waals surface area contributed by atoms with Gasteiger partial charge in [-0.05, 0) is 19.3 Å². The maximum atomic E-state index is 11.3. The number of ether oxygens (including phenoxy) is 2. The van der Waals surface area contributed by atoms with E-state index in [2.05, 4.69) is 14.7 Å². The number of hydrogen-bond acceptors (Lipinski definition) is 5. The van der Waals surface area contributed by atoms with Gasteiger partial charge in [0.05, 0.1) is 19.9 Å². The maximum absolute atomic E-state index is 11.3. The topological polar surface area (TPSA) is 61.3 Å². The fraction of sp³-hybridized carbons (Fsp3) is 0.500. The Bertz CT molecular complexity index is 404. The zero-order chi connectivity index (χ0) is 10.8. The molecule has 0 aliphatic heterocycles. The summed E-state index contributed by atoms with van der Waals surface area (Å²) in [6.45, 7) is 0. The van der Waals surface area contributed by atoms with Crippen molar-refractivity contribution in [1.82, 2.24) is 9.97 Å². The number of carbonyl (C=O) groups excluding carboxylic acids is 1. The molecule has 5 nitrogen and oxygen atoms in total. The van der Waals surface area contributed by atoms with Crippen LogP contribution in [0, 0.1) is 0 Å². The van der Waals surface area contributed by atoms with Crippen molar-refractivity contribution in [2.24, 2.45) is 0 Å². The summed E-state index contributed by atoms with van der Waals surface area (Å²) in [7, 11) is 2.85. The van der Waals surface area contributed by atoms with E-state index in [1.54, 1.807) is 7.11 Å². The van der Waals surface area contributed by atoms with Crippen LogP contribution in [0.4, 0.5) is 0 Å². The van der Waals surface area contributed by atoms with Gasteiger partial charge in [-0.25, -0.2) is 9.78 Å². The van der Waals surface area contributed by atoms with Gasteiger partial charge in [-0.3, -0.25) is 0 Å². The van der Waals surface area contributed by atoms with Gasteiger partial charge >= 0.3 is 5.97 Å². The highest BCUT2D eigenvalue weighted by molar-refractivity contribution is 5.85. The molecule has 0 saturated heterocycles. The number of rotatable bonds is 2. The second kappa shape index (κ2) is 3.84. The molecule has 15 heavy (non-hydrogen) atoms. The van der Waals surface area contributed by atoms with Crippen LogP contribution < -0.4 is 4.74 Å². The van der Waals surface area contributed by atoms with Gasteiger partial charge in [0.2, 0.25) is 11.7 Å². The van der Waals surface area contributed by atoms with E-state index in [1.807, 2.05) is 0 Å². The fourth-order valence-corrected chi connectivity index (χ4v) is 1.75. The fourth-order valence-electron chi connectivity index (χ4n) is 1.75. The number of esters is 1. The van der Waals surface area contributed by atoms with Crippen LogP contribution in [0.3, 0.4) is 0 Å². The number of nitrogens with zero attached hydrogens (tertiary/aromatic N) is 2. The maximum Gasteiger partial charge on any atom is 0.376 e. The van der Waals surface area contributed by atoms with Crippen LogP contribution in [0.5, 0.6) is 5.88 Å². The first-order valence-corrected chi connectivity index (χ1v) is 4.78. The smallest absolute Gasteiger partial charge is 0.376 e. The Labute approximate surface area is 87.4 Å². The summed E-state index contributed by atoms with van der Waals surface area (Å²) in [4.78, 5) is 19.5. The molecule has 1 aromatic heterocycles. The molecular weight excluding hydrogens is 196 g/mol. The van der Waals surface area contributed by atoms with Crippen molar-refractivity contribution in [1.29, 1.82) is 0 Å². The van der Waals surface area contributed by atoms with Gasteiger partial charge in [-0.1, -0.05) is 0 Å². The van der Waals surface area contributed by atoms with Crippen molar-refractivity contribution in [2.45, 2.75) is 19.3 Å². The summed E-state index contributed by atoms with van der Waals surface area (Å²) in [5.74, 6) is 0.0518. The molecule has 0 bridgehead atoms. The number of aryl methyl sites for hydroxylation is 1. The van der Waals surface area contributed by atoms with E-state index in [-0.39, 0.29) is 5.82 Å². The molecule has 1 aromatic rings. The lowest BCUT2D eigenvalue weighted by Crippen LogP contribution is -2.11. The molecule has 0 amide bonds. The summed E-state index contributed by atoms with van der Waals surface area (Å²) < 4.78 is 9.71. The molecule has 1 aliphatic carbocycles. The van der Waals surface area contributed by atoms with Gasteiger partial charge in [-0.15, -0.1) is 0 Å². The van der Waals surface area contributed by atoms with Crippen molar-refractivity contribution in [3.05, 3.63) is 17.1 Å². The quantitative estimate of drug-likeness (QED) is 0.671. The number of hydrogen-bond donors (Lipinski definition) is 0. The number of carbonyl (C=O) groups is 1. The van der Waals surface area contributed by atoms with Gasteiger partial charge in [-0.2, -0.15) is 4.98 Å². The average molecular weight is 208 g/mol. The molecule has 1 aliphatic rings. The molecule has 0 atom stereocenters. The van der Waals surface area contributed by atoms with Crippen LogP contribution in [0.1, 0.15) is 28.3 Å². The Hall–Kier alpha value is -1.65. The van der Waals surface area contributed by atoms with Crippen LogP contribution in [-0.2, 0) is 17.6 Å². The third-order valence-corrected chi connectivity index (χ3v) is 2.46. The van der Waals surface area contributed by atoms with Crippen molar-refractivity contribution in [3.8, 4) is 5.88 Å². The van der Waals surface area contributed by atoms with Gasteiger partial charge in [0.1, 0.15) is 0 Å². The minimum atomic E-state index is -0.525. The summed E-state index contributed by atoms with van der Waals surface area (Å²) in [5, 5.41) is 0. The van der Waals surface area contributed by atoms with E-state index in [9.17, 15) is 4.79 Å². The molecule has 0 spiro atoms. The predicted molar refractivity (Wildman–Crippen MR) is 51.9 cm³/mol. The Morgan fingerprint density at radius 2 is 2.07 bits per heavy atom. The minimum Gasteiger partial charge on any atom is -0.481 e. The van der Waals surface area contributed by atoms with Crippen LogP contribution in [0.25, 0.3) is 0 Å². The largest absolute Gasteiger partial charge is 0.481 e. The van der Waals surface area contributed by atoms with Crippen LogP contribution >= 0.6 is 0 Å². The van der Waals surface area contributed by atoms with E-state index in [0.29, 0.717) is 5.88 Å². The second-order valence-corrected chi connectivity index (χ2v) is 3.33. The lowest BCUT2D eigenvalue weighted by Gasteiger charge is -2.07. The average Bonchev–Trinajstić information content (AvgIpc) is 2.74. The van der Waals surface area contributed by atoms with Crippen molar-refractivity contribution < 1.29 is 14.3 Å². The van der Waals surface area contributed by atoms with Crippen molar-refractivity contribution in [2.75, 3.05) is 14.2 Å². The number of fused-ring (bicyclic) bond motifs is 1. The standard InChI is InChI=1S/C10H12N2O3/c1-14-9-6-4-3-5-7(6)11-8(12-9)10(13)15-2/h3-5H2,1-2H3. The molecule has 0 aromatic carbocycles. The Morgan fingerprint density at radius 1 is 1.27 bits per heavy atom. The first-order valence-electron chi connectivity index (χ1n) is 4.78. The van der Waals surface area contributed by atoms with Gasteiger partial charge < -0.3 is 9.47 Å². The summed E-state index contributed by atoms with van der Waals surface area (Å²) in [5.41, 5.74) is 1.92. The molecule has 0 fully saturated rings. The third kappa shape index (κ3) is 1.65. The van der Waals surface area contributed by atoms with Gasteiger partial charge in [0.15, 0.2) is 0 Å². The zero-order valence-electron chi connectivity index (χ0n) is 8.74. The molecule has 0 unspecified atom stereocenters. The van der Waals surface area contributed by atoms with Crippen molar-refractivity contribution in [3.63, 3.8) is 0 Å². The molecule has 0 saturated carbocycles. The van der Waals surface area contributed by atoms with E-state index < -0.39 is 5.97 Å². The van der Waals surface area contributed by atoms with Crippen molar-refractivity contribution >= 4 is 5.97 Å². The lowest BCUT2D eigenvalue weighted by molar-refractivity contribution is 0.0585. The highest BCUT2D eigenvalue weighted by Gasteiger charge is 2.22. The summed E-state index contributed by atoms with van der Waals surface area (Å²) >= 11 is 0. The van der Waals surface area contributed by atoms with Gasteiger partial charge in [0, 0.05) is 5.56 Å². The molecule has 0 radical (unpaired) electrons. The van der Waals surface area contributed by atoms with Gasteiger partial charge in [0.25, 0.3) is 0 Å². The highest BCUT2D eigenvalue weighted by Crippen LogP contribution is 2.27. The first-order chi connectivity index (χ1) is 7.26. The molecular formula is C10H12N2O3. The Balaban J connectivity index is 2.48. The monoisotopic (exact) mass is 208 g/mol. The molecule has 5 heteroatoms. The third-order valence-electron chi connectivity index (χ3n) is 2.46. The SMILES string of the molecule is COC(=O)c1nc2c(c(OC)n1)CCC2. The van der Waals surface area contributed by atoms with E-state index in [4.69, 9.17) is 4.74 Å². The molecule has 1 heterocycles. The predicted octanol–water partition coefficient (Wildman–Crippen LogP) is 0.761. The Kier molecular flexibility index (Phi) is 2.53. The van der Waals surface area contributed by atoms with E-state index in [0.717, 1.165) is 30.5 Å². The summed E-state index contributed by atoms with van der Waals surface area (Å²) in [6, 6.07) is 0. The lowest BCUT2D eigenvalue weighted by atomic mass is 10.2. The van der Waals surface area contributed by atoms with E-state index >= 15 is 0 Å². The van der Waals surface area contributed by atoms with E-state index in [1.165, 1.54) is 7.11 Å². The number of aromatic nitrogens is 2. The normalized spacial score (nSPS) is 13.5. The second-order valence-electron chi connectivity index (χ2n) is 3.33. The van der Waals surface area contributed by atoms with Crippen LogP contribution in [0.2, 0.25) is 0 Å². The number of methoxy groups -OCH3 is 2.